The minimum absolute atomic E-state index is 0.146. The number of benzene rings is 5. The number of rotatable bonds is 2. The first-order valence-corrected chi connectivity index (χ1v) is 10.9. The maximum absolute atomic E-state index is 13.0. The zero-order valence-electron chi connectivity index (χ0n) is 17.6. The number of fused-ring (bicyclic) bond motifs is 4. The van der Waals surface area contributed by atoms with Crippen molar-refractivity contribution in [2.45, 2.75) is 12.8 Å². The van der Waals surface area contributed by atoms with E-state index < -0.39 is 0 Å². The second kappa shape index (κ2) is 7.33. The zero-order valence-corrected chi connectivity index (χ0v) is 17.6. The van der Waals surface area contributed by atoms with E-state index in [-0.39, 0.29) is 5.91 Å². The molecule has 32 heavy (non-hydrogen) atoms. The van der Waals surface area contributed by atoms with Crippen LogP contribution in [0.15, 0.2) is 96.6 Å². The van der Waals surface area contributed by atoms with E-state index >= 15 is 0 Å². The minimum Gasteiger partial charge on any atom is -0.268 e. The Morgan fingerprint density at radius 2 is 1.22 bits per heavy atom. The Hall–Kier alpha value is -3.95. The number of amides is 1. The molecule has 3 nitrogen and oxygen atoms in total. The molecule has 5 aromatic rings. The lowest BCUT2D eigenvalue weighted by Gasteiger charge is -2.22. The van der Waals surface area contributed by atoms with Crippen LogP contribution in [0, 0.1) is 0 Å². The van der Waals surface area contributed by atoms with Gasteiger partial charge in [0, 0.05) is 5.57 Å². The summed E-state index contributed by atoms with van der Waals surface area (Å²) in [4.78, 5) is 13.0. The third-order valence-electron chi connectivity index (χ3n) is 6.44. The van der Waals surface area contributed by atoms with Gasteiger partial charge in [-0.3, -0.25) is 4.79 Å². The third kappa shape index (κ3) is 3.15. The van der Waals surface area contributed by atoms with Gasteiger partial charge in [-0.25, -0.2) is 10.9 Å². The van der Waals surface area contributed by atoms with Crippen molar-refractivity contribution in [3.05, 3.63) is 108 Å². The van der Waals surface area contributed by atoms with Gasteiger partial charge in [0.2, 0.25) is 0 Å². The lowest BCUT2D eigenvalue weighted by Crippen LogP contribution is -2.38. The van der Waals surface area contributed by atoms with Crippen LogP contribution in [-0.2, 0) is 11.2 Å². The van der Waals surface area contributed by atoms with Crippen LogP contribution in [0.25, 0.3) is 38.4 Å². The molecule has 0 bridgehead atoms. The molecule has 0 radical (unpaired) electrons. The topological polar surface area (TPSA) is 46.3 Å². The molecule has 6 rings (SSSR count). The van der Waals surface area contributed by atoms with Crippen molar-refractivity contribution >= 4 is 50.0 Å². The number of nitrogens with two attached hydrogens (primary N) is 1. The summed E-state index contributed by atoms with van der Waals surface area (Å²) in [5, 5.41) is 8.64. The van der Waals surface area contributed by atoms with E-state index in [9.17, 15) is 4.79 Å². The highest BCUT2D eigenvalue weighted by Crippen LogP contribution is 2.33. The number of hydrazine groups is 1. The normalized spacial score (nSPS) is 13.2. The van der Waals surface area contributed by atoms with Gasteiger partial charge in [0.05, 0.1) is 5.69 Å². The van der Waals surface area contributed by atoms with E-state index in [0.717, 1.165) is 17.6 Å². The van der Waals surface area contributed by atoms with Gasteiger partial charge < -0.3 is 0 Å². The summed E-state index contributed by atoms with van der Waals surface area (Å²) in [6, 6.07) is 31.3. The Balaban J connectivity index is 1.42. The van der Waals surface area contributed by atoms with Crippen LogP contribution >= 0.6 is 0 Å². The monoisotopic (exact) mass is 414 g/mol. The highest BCUT2D eigenvalue weighted by atomic mass is 16.2. The van der Waals surface area contributed by atoms with Gasteiger partial charge in [-0.2, -0.15) is 0 Å². The van der Waals surface area contributed by atoms with E-state index in [4.69, 9.17) is 5.84 Å². The fourth-order valence-corrected chi connectivity index (χ4v) is 4.72. The lowest BCUT2D eigenvalue weighted by atomic mass is 9.88. The van der Waals surface area contributed by atoms with Crippen molar-refractivity contribution < 1.29 is 4.79 Å². The van der Waals surface area contributed by atoms with E-state index in [1.807, 2.05) is 36.4 Å². The predicted octanol–water partition coefficient (Wildman–Crippen LogP) is 6.38. The summed E-state index contributed by atoms with van der Waals surface area (Å²) >= 11 is 0. The molecule has 0 unspecified atom stereocenters. The first-order valence-electron chi connectivity index (χ1n) is 10.9. The van der Waals surface area contributed by atoms with Crippen molar-refractivity contribution in [3.63, 3.8) is 0 Å². The van der Waals surface area contributed by atoms with E-state index in [1.54, 1.807) is 0 Å². The second-order valence-electron chi connectivity index (χ2n) is 8.48. The Labute approximate surface area is 186 Å². The van der Waals surface area contributed by atoms with Gasteiger partial charge in [0.1, 0.15) is 0 Å². The van der Waals surface area contributed by atoms with Crippen molar-refractivity contribution in [1.29, 1.82) is 0 Å². The molecule has 0 atom stereocenters. The van der Waals surface area contributed by atoms with Crippen LogP contribution in [-0.4, -0.2) is 5.91 Å². The maximum Gasteiger partial charge on any atom is 0.268 e. The molecular formula is C29H22N2O. The lowest BCUT2D eigenvalue weighted by molar-refractivity contribution is -0.115. The largest absolute Gasteiger partial charge is 0.268 e. The molecule has 0 fully saturated rings. The maximum atomic E-state index is 13.0. The Morgan fingerprint density at radius 1 is 0.656 bits per heavy atom. The SMILES string of the molecule is NN(C(=O)C1=Cc2cc3cc4cc5ccccc5cc4cc3cc2CC1)c1ccccc1. The number of hydrogen-bond acceptors (Lipinski definition) is 2. The Morgan fingerprint density at radius 3 is 1.91 bits per heavy atom. The molecule has 2 N–H and O–H groups in total. The fraction of sp³-hybridized carbons (Fsp3) is 0.0690. The molecule has 1 aliphatic carbocycles. The number of nitrogens with zero attached hydrogens (tertiary/aromatic N) is 1. The van der Waals surface area contributed by atoms with Crippen molar-refractivity contribution in [2.75, 3.05) is 5.01 Å². The minimum atomic E-state index is -0.146. The summed E-state index contributed by atoms with van der Waals surface area (Å²) < 4.78 is 0. The first-order chi connectivity index (χ1) is 15.7. The van der Waals surface area contributed by atoms with E-state index in [1.165, 1.54) is 42.9 Å². The van der Waals surface area contributed by atoms with Gasteiger partial charge in [-0.15, -0.1) is 0 Å². The number of carbonyl (C=O) groups excluding carboxylic acids is 1. The first kappa shape index (κ1) is 18.8. The fourth-order valence-electron chi connectivity index (χ4n) is 4.72. The molecule has 5 aromatic carbocycles. The average Bonchev–Trinajstić information content (AvgIpc) is 2.84. The van der Waals surface area contributed by atoms with Gasteiger partial charge in [0.25, 0.3) is 5.91 Å². The van der Waals surface area contributed by atoms with Gasteiger partial charge >= 0.3 is 0 Å². The highest BCUT2D eigenvalue weighted by Gasteiger charge is 2.21. The van der Waals surface area contributed by atoms with Crippen LogP contribution in [0.4, 0.5) is 5.69 Å². The van der Waals surface area contributed by atoms with Crippen molar-refractivity contribution in [2.24, 2.45) is 5.84 Å². The summed E-state index contributed by atoms with van der Waals surface area (Å²) in [7, 11) is 0. The number of anilines is 1. The van der Waals surface area contributed by atoms with Crippen molar-refractivity contribution in [1.82, 2.24) is 0 Å². The summed E-state index contributed by atoms with van der Waals surface area (Å²) in [6.07, 6.45) is 3.53. The summed E-state index contributed by atoms with van der Waals surface area (Å²) in [6.45, 7) is 0. The number of hydrogen-bond donors (Lipinski definition) is 1. The molecule has 154 valence electrons. The molecule has 0 heterocycles. The number of carbonyl (C=O) groups is 1. The zero-order chi connectivity index (χ0) is 21.7. The number of aryl methyl sites for hydroxylation is 1. The average molecular weight is 415 g/mol. The Kier molecular flexibility index (Phi) is 4.30. The van der Waals surface area contributed by atoms with Gasteiger partial charge in [-0.1, -0.05) is 48.5 Å². The van der Waals surface area contributed by atoms with Crippen LogP contribution in [0.2, 0.25) is 0 Å². The second-order valence-corrected chi connectivity index (χ2v) is 8.48. The molecule has 1 aliphatic rings. The molecule has 0 saturated heterocycles. The molecule has 0 aliphatic heterocycles. The quantitative estimate of drug-likeness (QED) is 0.158. The smallest absolute Gasteiger partial charge is 0.268 e. The van der Waals surface area contributed by atoms with Gasteiger partial charge in [-0.05, 0) is 105 Å². The molecule has 3 heteroatoms. The third-order valence-corrected chi connectivity index (χ3v) is 6.44. The van der Waals surface area contributed by atoms with Crippen LogP contribution in [0.3, 0.4) is 0 Å². The van der Waals surface area contributed by atoms with E-state index in [0.29, 0.717) is 12.1 Å². The van der Waals surface area contributed by atoms with Crippen LogP contribution in [0.1, 0.15) is 17.5 Å². The van der Waals surface area contributed by atoms with E-state index in [2.05, 4.69) is 60.7 Å². The van der Waals surface area contributed by atoms with Gasteiger partial charge in [0.15, 0.2) is 0 Å². The van der Waals surface area contributed by atoms with Crippen LogP contribution < -0.4 is 10.9 Å². The van der Waals surface area contributed by atoms with Crippen LogP contribution in [0.5, 0.6) is 0 Å². The molecular weight excluding hydrogens is 392 g/mol. The summed E-state index contributed by atoms with van der Waals surface area (Å²) in [5.41, 5.74) is 3.82. The highest BCUT2D eigenvalue weighted by molar-refractivity contribution is 6.09. The molecule has 0 spiro atoms. The Bertz CT molecular complexity index is 1550. The standard InChI is InChI=1S/C29H22N2O/c30-31(28-8-2-1-3-9-28)29(32)22-11-10-21-14-26-17-24-12-19-6-4-5-7-20(19)13-25(24)18-27(26)16-23(21)15-22/h1-9,12-18H,10-11,30H2. The van der Waals surface area contributed by atoms with Crippen molar-refractivity contribution in [3.8, 4) is 0 Å². The summed E-state index contributed by atoms with van der Waals surface area (Å²) in [5.74, 6) is 5.98. The predicted molar refractivity (Wildman–Crippen MR) is 133 cm³/mol. The molecule has 0 saturated carbocycles. The molecule has 1 amide bonds. The molecule has 0 aromatic heterocycles. The number of para-hydroxylation sites is 1.